The number of urea groups is 1. The Balaban J connectivity index is 2.12. The summed E-state index contributed by atoms with van der Waals surface area (Å²) in [5.41, 5.74) is 2.11. The molecule has 2 amide bonds. The van der Waals surface area contributed by atoms with Gasteiger partial charge in [-0.1, -0.05) is 29.8 Å². The fourth-order valence-corrected chi connectivity index (χ4v) is 2.42. The minimum atomic E-state index is -0.536. The zero-order chi connectivity index (χ0) is 17.0. The maximum atomic E-state index is 12.3. The summed E-state index contributed by atoms with van der Waals surface area (Å²) in [5.74, 6) is 0.620. The summed E-state index contributed by atoms with van der Waals surface area (Å²) < 4.78 is 5.27. The smallest absolute Gasteiger partial charge is 0.320 e. The van der Waals surface area contributed by atoms with Gasteiger partial charge in [0.2, 0.25) is 0 Å². The van der Waals surface area contributed by atoms with Gasteiger partial charge in [0.25, 0.3) is 0 Å². The second kappa shape index (κ2) is 6.92. The molecule has 0 fully saturated rings. The molecular formula is C18H21ClN2O2. The van der Waals surface area contributed by atoms with E-state index in [9.17, 15) is 4.79 Å². The number of anilines is 1. The van der Waals surface area contributed by atoms with Crippen LogP contribution in [0.25, 0.3) is 0 Å². The summed E-state index contributed by atoms with van der Waals surface area (Å²) in [7, 11) is 1.57. The van der Waals surface area contributed by atoms with Gasteiger partial charge in [-0.3, -0.25) is 0 Å². The van der Waals surface area contributed by atoms with Crippen LogP contribution in [-0.4, -0.2) is 13.1 Å². The van der Waals surface area contributed by atoms with E-state index in [0.717, 1.165) is 11.1 Å². The summed E-state index contributed by atoms with van der Waals surface area (Å²) >= 11 is 5.91. The van der Waals surface area contributed by atoms with Crippen molar-refractivity contribution >= 4 is 23.3 Å². The molecule has 2 aromatic rings. The highest BCUT2D eigenvalue weighted by molar-refractivity contribution is 6.30. The first kappa shape index (κ1) is 17.2. The summed E-state index contributed by atoms with van der Waals surface area (Å²) in [5, 5.41) is 6.47. The number of benzene rings is 2. The largest absolute Gasteiger partial charge is 0.495 e. The molecule has 23 heavy (non-hydrogen) atoms. The van der Waals surface area contributed by atoms with Crippen LogP contribution in [0, 0.1) is 6.92 Å². The van der Waals surface area contributed by atoms with Crippen LogP contribution in [0.1, 0.15) is 25.0 Å². The van der Waals surface area contributed by atoms with E-state index in [2.05, 4.69) is 10.6 Å². The third-order valence-electron chi connectivity index (χ3n) is 3.60. The topological polar surface area (TPSA) is 50.4 Å². The van der Waals surface area contributed by atoms with Crippen LogP contribution in [0.2, 0.25) is 5.02 Å². The van der Waals surface area contributed by atoms with E-state index >= 15 is 0 Å². The summed E-state index contributed by atoms with van der Waals surface area (Å²) in [4.78, 5) is 12.3. The number of nitrogens with one attached hydrogen (secondary N) is 2. The molecule has 122 valence electrons. The molecular weight excluding hydrogens is 312 g/mol. The van der Waals surface area contributed by atoms with Crippen molar-refractivity contribution in [2.45, 2.75) is 26.3 Å². The molecule has 2 aromatic carbocycles. The van der Waals surface area contributed by atoms with E-state index in [1.165, 1.54) is 0 Å². The van der Waals surface area contributed by atoms with Crippen LogP contribution in [-0.2, 0) is 5.54 Å². The number of aryl methyl sites for hydroxylation is 1. The lowest BCUT2D eigenvalue weighted by Gasteiger charge is -2.27. The predicted molar refractivity (Wildman–Crippen MR) is 94.4 cm³/mol. The Kier molecular flexibility index (Phi) is 5.16. The molecule has 0 aliphatic carbocycles. The van der Waals surface area contributed by atoms with Crippen LogP contribution in [0.15, 0.2) is 42.5 Å². The van der Waals surface area contributed by atoms with Gasteiger partial charge in [0.15, 0.2) is 0 Å². The Bertz CT molecular complexity index is 697. The van der Waals surface area contributed by atoms with E-state index in [4.69, 9.17) is 16.3 Å². The van der Waals surface area contributed by atoms with Crippen molar-refractivity contribution in [3.8, 4) is 5.75 Å². The van der Waals surface area contributed by atoms with Crippen molar-refractivity contribution in [2.75, 3.05) is 12.4 Å². The number of ether oxygens (including phenoxy) is 1. The van der Waals surface area contributed by atoms with E-state index in [1.54, 1.807) is 7.11 Å². The van der Waals surface area contributed by atoms with Crippen molar-refractivity contribution in [3.05, 3.63) is 58.6 Å². The maximum Gasteiger partial charge on any atom is 0.320 e. The van der Waals surface area contributed by atoms with Gasteiger partial charge in [-0.15, -0.1) is 0 Å². The second-order valence-corrected chi connectivity index (χ2v) is 6.35. The van der Waals surface area contributed by atoms with E-state index in [1.807, 2.05) is 63.2 Å². The molecule has 5 heteroatoms. The highest BCUT2D eigenvalue weighted by Crippen LogP contribution is 2.26. The van der Waals surface area contributed by atoms with Crippen molar-refractivity contribution in [1.29, 1.82) is 0 Å². The molecule has 0 aliphatic rings. The van der Waals surface area contributed by atoms with Crippen LogP contribution >= 0.6 is 11.6 Å². The predicted octanol–water partition coefficient (Wildman–Crippen LogP) is 4.71. The summed E-state index contributed by atoms with van der Waals surface area (Å²) in [6, 6.07) is 12.7. The zero-order valence-electron chi connectivity index (χ0n) is 13.7. The van der Waals surface area contributed by atoms with Crippen LogP contribution in [0.4, 0.5) is 10.5 Å². The summed E-state index contributed by atoms with van der Waals surface area (Å²) in [6.45, 7) is 5.83. The lowest BCUT2D eigenvalue weighted by molar-refractivity contribution is 0.241. The Morgan fingerprint density at radius 3 is 2.39 bits per heavy atom. The SMILES string of the molecule is COc1ccc(C)cc1NC(=O)NC(C)(C)c1ccc(Cl)cc1. The average molecular weight is 333 g/mol. The highest BCUT2D eigenvalue weighted by Gasteiger charge is 2.23. The van der Waals surface area contributed by atoms with Gasteiger partial charge in [-0.25, -0.2) is 4.79 Å². The Morgan fingerprint density at radius 2 is 1.78 bits per heavy atom. The molecule has 4 nitrogen and oxygen atoms in total. The van der Waals surface area contributed by atoms with Crippen molar-refractivity contribution < 1.29 is 9.53 Å². The third kappa shape index (κ3) is 4.39. The average Bonchev–Trinajstić information content (AvgIpc) is 2.47. The van der Waals surface area contributed by atoms with E-state index < -0.39 is 5.54 Å². The van der Waals surface area contributed by atoms with Crippen molar-refractivity contribution in [2.24, 2.45) is 0 Å². The van der Waals surface area contributed by atoms with E-state index in [-0.39, 0.29) is 6.03 Å². The van der Waals surface area contributed by atoms with Crippen molar-refractivity contribution in [1.82, 2.24) is 5.32 Å². The van der Waals surface area contributed by atoms with Crippen LogP contribution < -0.4 is 15.4 Å². The normalized spacial score (nSPS) is 11.0. The Morgan fingerprint density at radius 1 is 1.13 bits per heavy atom. The van der Waals surface area contributed by atoms with Crippen LogP contribution in [0.5, 0.6) is 5.75 Å². The first-order valence-corrected chi connectivity index (χ1v) is 7.69. The number of methoxy groups -OCH3 is 1. The molecule has 0 aromatic heterocycles. The number of carbonyl (C=O) groups excluding carboxylic acids is 1. The van der Waals surface area contributed by atoms with Gasteiger partial charge < -0.3 is 15.4 Å². The second-order valence-electron chi connectivity index (χ2n) is 5.91. The lowest BCUT2D eigenvalue weighted by atomic mass is 9.94. The molecule has 0 bridgehead atoms. The molecule has 0 unspecified atom stereocenters. The zero-order valence-corrected chi connectivity index (χ0v) is 14.5. The lowest BCUT2D eigenvalue weighted by Crippen LogP contribution is -2.43. The quantitative estimate of drug-likeness (QED) is 0.851. The first-order valence-electron chi connectivity index (χ1n) is 7.31. The Labute approximate surface area is 141 Å². The number of hydrogen-bond donors (Lipinski definition) is 2. The number of amides is 2. The molecule has 0 aliphatic heterocycles. The fourth-order valence-electron chi connectivity index (χ4n) is 2.30. The monoisotopic (exact) mass is 332 g/mol. The number of halogens is 1. The molecule has 0 spiro atoms. The standard InChI is InChI=1S/C18H21ClN2O2/c1-12-5-10-16(23-4)15(11-12)20-17(22)21-18(2,3)13-6-8-14(19)9-7-13/h5-11H,1-4H3,(H2,20,21,22). The van der Waals surface area contributed by atoms with Gasteiger partial charge in [0, 0.05) is 5.02 Å². The van der Waals surface area contributed by atoms with Crippen molar-refractivity contribution in [3.63, 3.8) is 0 Å². The third-order valence-corrected chi connectivity index (χ3v) is 3.85. The van der Waals surface area contributed by atoms with Gasteiger partial charge in [0.1, 0.15) is 5.75 Å². The van der Waals surface area contributed by atoms with E-state index in [0.29, 0.717) is 16.5 Å². The molecule has 0 radical (unpaired) electrons. The number of carbonyl (C=O) groups is 1. The molecule has 2 N–H and O–H groups in total. The maximum absolute atomic E-state index is 12.3. The minimum absolute atomic E-state index is 0.297. The minimum Gasteiger partial charge on any atom is -0.495 e. The van der Waals surface area contributed by atoms with Gasteiger partial charge in [0.05, 0.1) is 18.3 Å². The molecule has 0 heterocycles. The number of rotatable bonds is 4. The molecule has 0 atom stereocenters. The fraction of sp³-hybridized carbons (Fsp3) is 0.278. The summed E-state index contributed by atoms with van der Waals surface area (Å²) in [6.07, 6.45) is 0. The van der Waals surface area contributed by atoms with Crippen LogP contribution in [0.3, 0.4) is 0 Å². The Hall–Kier alpha value is -2.20. The number of hydrogen-bond acceptors (Lipinski definition) is 2. The van der Waals surface area contributed by atoms with Gasteiger partial charge >= 0.3 is 6.03 Å². The highest BCUT2D eigenvalue weighted by atomic mass is 35.5. The molecule has 0 saturated carbocycles. The molecule has 2 rings (SSSR count). The van der Waals surface area contributed by atoms with Gasteiger partial charge in [-0.2, -0.15) is 0 Å². The first-order chi connectivity index (χ1) is 10.8. The van der Waals surface area contributed by atoms with Gasteiger partial charge in [-0.05, 0) is 56.2 Å². The molecule has 0 saturated heterocycles.